The summed E-state index contributed by atoms with van der Waals surface area (Å²) >= 11 is 1.15. The maximum absolute atomic E-state index is 13.6. The number of aliphatic hydroxyl groups is 1. The Kier molecular flexibility index (Phi) is 9.06. The summed E-state index contributed by atoms with van der Waals surface area (Å²) in [5.74, 6) is -0.527. The van der Waals surface area contributed by atoms with Gasteiger partial charge in [0.15, 0.2) is 0 Å². The van der Waals surface area contributed by atoms with Gasteiger partial charge in [-0.25, -0.2) is 8.42 Å². The van der Waals surface area contributed by atoms with E-state index in [2.05, 4.69) is 5.32 Å². The number of hydrogen-bond acceptors (Lipinski definition) is 7. The van der Waals surface area contributed by atoms with Gasteiger partial charge in [0, 0.05) is 25.2 Å². The van der Waals surface area contributed by atoms with Crippen molar-refractivity contribution >= 4 is 38.9 Å². The molecule has 9 nitrogen and oxygen atoms in total. The molecule has 1 aliphatic rings. The van der Waals surface area contributed by atoms with Crippen molar-refractivity contribution in [3.05, 3.63) is 77.2 Å². The Morgan fingerprint density at radius 1 is 1.21 bits per heavy atom. The first-order valence-corrected chi connectivity index (χ1v) is 15.0. The third-order valence-electron chi connectivity index (χ3n) is 6.75. The summed E-state index contributed by atoms with van der Waals surface area (Å²) in [6.45, 7) is 3.72. The second-order valence-electron chi connectivity index (χ2n) is 9.76. The van der Waals surface area contributed by atoms with Gasteiger partial charge in [0.2, 0.25) is 5.91 Å². The molecule has 4 rings (SSSR count). The van der Waals surface area contributed by atoms with E-state index in [1.807, 2.05) is 37.3 Å². The van der Waals surface area contributed by atoms with Crippen LogP contribution in [0.25, 0.3) is 0 Å². The molecular weight excluding hydrogens is 538 g/mol. The van der Waals surface area contributed by atoms with E-state index in [1.54, 1.807) is 47.5 Å². The SMILES string of the molecule is C[C@@H]1CN([C@H](C)CO)C(=O)c2cc(NC(=O)Cc3ccccc3)ccc2O[C@@H]1CN(C)S(=O)(=O)c1cccs1. The summed E-state index contributed by atoms with van der Waals surface area (Å²) in [6, 6.07) is 16.9. The predicted octanol–water partition coefficient (Wildman–Crippen LogP) is 3.47. The standard InChI is InChI=1S/C28H33N3O6S2/c1-19-16-31(20(2)18-32)28(34)23-15-22(29-26(33)14-21-8-5-4-6-9-21)11-12-24(23)37-25(19)17-30(3)39(35,36)27-10-7-13-38-27/h4-13,15,19-20,25,32H,14,16-18H2,1-3H3,(H,29,33)/t19-,20-,25-/m1/s1. The van der Waals surface area contributed by atoms with Gasteiger partial charge < -0.3 is 20.1 Å². The number of sulfonamides is 1. The molecule has 208 valence electrons. The Morgan fingerprint density at radius 2 is 1.95 bits per heavy atom. The Morgan fingerprint density at radius 3 is 2.62 bits per heavy atom. The highest BCUT2D eigenvalue weighted by atomic mass is 32.2. The molecule has 1 aromatic heterocycles. The van der Waals surface area contributed by atoms with Gasteiger partial charge in [0.1, 0.15) is 16.1 Å². The monoisotopic (exact) mass is 571 g/mol. The van der Waals surface area contributed by atoms with Crippen molar-refractivity contribution in [2.45, 2.75) is 36.6 Å². The maximum atomic E-state index is 13.6. The molecular formula is C28H33N3O6S2. The van der Waals surface area contributed by atoms with Crippen molar-refractivity contribution in [1.29, 1.82) is 0 Å². The molecule has 2 heterocycles. The van der Waals surface area contributed by atoms with E-state index in [0.717, 1.165) is 16.9 Å². The molecule has 2 aromatic carbocycles. The first-order chi connectivity index (χ1) is 18.6. The summed E-state index contributed by atoms with van der Waals surface area (Å²) in [5.41, 5.74) is 1.53. The van der Waals surface area contributed by atoms with E-state index >= 15 is 0 Å². The zero-order valence-corrected chi connectivity index (χ0v) is 23.7. The first kappa shape index (κ1) is 28.8. The Balaban J connectivity index is 1.61. The fourth-order valence-corrected chi connectivity index (χ4v) is 6.80. The van der Waals surface area contributed by atoms with Crippen LogP contribution in [0.2, 0.25) is 0 Å². The lowest BCUT2D eigenvalue weighted by atomic mass is 9.99. The Hall–Kier alpha value is -3.25. The molecule has 39 heavy (non-hydrogen) atoms. The predicted molar refractivity (Wildman–Crippen MR) is 151 cm³/mol. The van der Waals surface area contributed by atoms with Gasteiger partial charge in [-0.1, -0.05) is 43.3 Å². The molecule has 0 unspecified atom stereocenters. The van der Waals surface area contributed by atoms with Crippen LogP contribution in [0.4, 0.5) is 5.69 Å². The number of hydrogen-bond donors (Lipinski definition) is 2. The lowest BCUT2D eigenvalue weighted by Gasteiger charge is -2.38. The van der Waals surface area contributed by atoms with Crippen LogP contribution in [-0.2, 0) is 21.2 Å². The van der Waals surface area contributed by atoms with Crippen LogP contribution in [-0.4, -0.2) is 73.4 Å². The Bertz CT molecular complexity index is 1400. The van der Waals surface area contributed by atoms with Gasteiger partial charge in [-0.3, -0.25) is 9.59 Å². The molecule has 1 aliphatic heterocycles. The molecule has 3 aromatic rings. The average Bonchev–Trinajstić information content (AvgIpc) is 3.47. The van der Waals surface area contributed by atoms with E-state index in [-0.39, 0.29) is 59.4 Å². The number of nitrogens with one attached hydrogen (secondary N) is 1. The summed E-state index contributed by atoms with van der Waals surface area (Å²) in [7, 11) is -2.20. The largest absolute Gasteiger partial charge is 0.488 e. The molecule has 0 bridgehead atoms. The molecule has 0 radical (unpaired) electrons. The van der Waals surface area contributed by atoms with E-state index in [9.17, 15) is 23.1 Å². The minimum absolute atomic E-state index is 0.0614. The minimum Gasteiger partial charge on any atom is -0.488 e. The molecule has 0 aliphatic carbocycles. The molecule has 3 atom stereocenters. The van der Waals surface area contributed by atoms with Crippen LogP contribution in [0, 0.1) is 5.92 Å². The van der Waals surface area contributed by atoms with Gasteiger partial charge in [0.25, 0.3) is 15.9 Å². The minimum atomic E-state index is -3.70. The maximum Gasteiger partial charge on any atom is 0.258 e. The zero-order valence-electron chi connectivity index (χ0n) is 22.1. The van der Waals surface area contributed by atoms with Crippen molar-refractivity contribution < 1.29 is 27.9 Å². The lowest BCUT2D eigenvalue weighted by molar-refractivity contribution is -0.115. The number of rotatable bonds is 9. The van der Waals surface area contributed by atoms with Crippen molar-refractivity contribution in [3.63, 3.8) is 0 Å². The van der Waals surface area contributed by atoms with Gasteiger partial charge in [-0.2, -0.15) is 4.31 Å². The molecule has 0 saturated carbocycles. The number of ether oxygens (including phenoxy) is 1. The number of carbonyl (C=O) groups excluding carboxylic acids is 2. The van der Waals surface area contributed by atoms with E-state index in [1.165, 1.54) is 11.4 Å². The number of likely N-dealkylation sites (N-methyl/N-ethyl adjacent to an activating group) is 1. The number of amides is 2. The van der Waals surface area contributed by atoms with E-state index in [4.69, 9.17) is 4.74 Å². The molecule has 2 amide bonds. The fourth-order valence-electron chi connectivity index (χ4n) is 4.42. The second kappa shape index (κ2) is 12.3. The molecule has 2 N–H and O–H groups in total. The molecule has 0 fully saturated rings. The summed E-state index contributed by atoms with van der Waals surface area (Å²) in [4.78, 5) is 27.8. The average molecular weight is 572 g/mol. The van der Waals surface area contributed by atoms with Gasteiger partial charge in [-0.05, 0) is 42.1 Å². The van der Waals surface area contributed by atoms with Crippen molar-refractivity contribution in [3.8, 4) is 5.75 Å². The van der Waals surface area contributed by atoms with Crippen LogP contribution in [0.15, 0.2) is 70.3 Å². The smallest absolute Gasteiger partial charge is 0.258 e. The van der Waals surface area contributed by atoms with Crippen molar-refractivity contribution in [2.75, 3.05) is 32.1 Å². The number of carbonyl (C=O) groups is 2. The van der Waals surface area contributed by atoms with Gasteiger partial charge in [-0.15, -0.1) is 11.3 Å². The topological polar surface area (TPSA) is 116 Å². The van der Waals surface area contributed by atoms with Crippen molar-refractivity contribution in [2.24, 2.45) is 5.92 Å². The Labute approximate surface area is 233 Å². The third-order valence-corrected chi connectivity index (χ3v) is 9.95. The summed E-state index contributed by atoms with van der Waals surface area (Å²) < 4.78 is 33.9. The number of thiophene rings is 1. The highest BCUT2D eigenvalue weighted by Crippen LogP contribution is 2.31. The molecule has 0 spiro atoms. The lowest BCUT2D eigenvalue weighted by Crippen LogP contribution is -2.50. The number of nitrogens with zero attached hydrogens (tertiary/aromatic N) is 2. The fraction of sp³-hybridized carbons (Fsp3) is 0.357. The van der Waals surface area contributed by atoms with Crippen LogP contribution in [0.1, 0.15) is 29.8 Å². The van der Waals surface area contributed by atoms with Crippen LogP contribution in [0.5, 0.6) is 5.75 Å². The van der Waals surface area contributed by atoms with Crippen LogP contribution in [0.3, 0.4) is 0 Å². The number of fused-ring (bicyclic) bond motifs is 1. The highest BCUT2D eigenvalue weighted by molar-refractivity contribution is 7.91. The third kappa shape index (κ3) is 6.67. The van der Waals surface area contributed by atoms with Gasteiger partial charge >= 0.3 is 0 Å². The zero-order chi connectivity index (χ0) is 28.2. The van der Waals surface area contributed by atoms with Crippen LogP contribution < -0.4 is 10.1 Å². The van der Waals surface area contributed by atoms with E-state index < -0.39 is 22.2 Å². The normalized spacial score (nSPS) is 18.6. The summed E-state index contributed by atoms with van der Waals surface area (Å²) in [5, 5.41) is 14.4. The molecule has 0 saturated heterocycles. The quantitative estimate of drug-likeness (QED) is 0.406. The number of aliphatic hydroxyl groups excluding tert-OH is 1. The highest BCUT2D eigenvalue weighted by Gasteiger charge is 2.35. The first-order valence-electron chi connectivity index (χ1n) is 12.7. The van der Waals surface area contributed by atoms with Crippen molar-refractivity contribution in [1.82, 2.24) is 9.21 Å². The number of anilines is 1. The number of benzene rings is 2. The summed E-state index contributed by atoms with van der Waals surface area (Å²) in [6.07, 6.45) is -0.399. The second-order valence-corrected chi connectivity index (χ2v) is 13.0. The van der Waals surface area contributed by atoms with E-state index in [0.29, 0.717) is 5.69 Å². The molecule has 11 heteroatoms. The van der Waals surface area contributed by atoms with Crippen LogP contribution >= 0.6 is 11.3 Å². The van der Waals surface area contributed by atoms with Gasteiger partial charge in [0.05, 0.1) is 31.2 Å².